The van der Waals surface area contributed by atoms with Gasteiger partial charge in [0.25, 0.3) is 0 Å². The van der Waals surface area contributed by atoms with Crippen LogP contribution < -0.4 is 5.32 Å². The number of hydrogen-bond acceptors (Lipinski definition) is 4. The van der Waals surface area contributed by atoms with E-state index in [2.05, 4.69) is 10.3 Å². The van der Waals surface area contributed by atoms with E-state index >= 15 is 0 Å². The molecule has 6 nitrogen and oxygen atoms in total. The third-order valence-electron chi connectivity index (χ3n) is 4.30. The van der Waals surface area contributed by atoms with Gasteiger partial charge in [0.15, 0.2) is 0 Å². The van der Waals surface area contributed by atoms with Gasteiger partial charge in [-0.15, -0.1) is 0 Å². The van der Waals surface area contributed by atoms with Crippen molar-refractivity contribution in [2.45, 2.75) is 46.3 Å². The molecule has 1 aromatic carbocycles. The summed E-state index contributed by atoms with van der Waals surface area (Å²) in [7, 11) is 0. The van der Waals surface area contributed by atoms with Crippen LogP contribution >= 0.6 is 0 Å². The first-order chi connectivity index (χ1) is 14.6. The van der Waals surface area contributed by atoms with E-state index in [4.69, 9.17) is 4.74 Å². The van der Waals surface area contributed by atoms with Crippen LogP contribution in [0, 0.1) is 5.82 Å². The second-order valence-electron chi connectivity index (χ2n) is 8.24. The van der Waals surface area contributed by atoms with E-state index in [-0.39, 0.29) is 11.7 Å². The molecule has 0 atom stereocenters. The molecule has 2 aromatic rings. The summed E-state index contributed by atoms with van der Waals surface area (Å²) in [4.78, 5) is 30.4. The van der Waals surface area contributed by atoms with E-state index in [1.165, 1.54) is 18.2 Å². The predicted octanol–water partition coefficient (Wildman–Crippen LogP) is 4.57. The third-order valence-corrected chi connectivity index (χ3v) is 4.30. The summed E-state index contributed by atoms with van der Waals surface area (Å²) in [6.07, 6.45) is 5.03. The van der Waals surface area contributed by atoms with Crippen molar-refractivity contribution < 1.29 is 18.7 Å². The number of rotatable bonds is 8. The molecule has 0 aliphatic rings. The molecule has 2 rings (SSSR count). The molecule has 0 spiro atoms. The highest BCUT2D eigenvalue weighted by molar-refractivity contribution is 5.94. The highest BCUT2D eigenvalue weighted by Gasteiger charge is 2.22. The number of carbonyl (C=O) groups excluding carboxylic acids is 2. The van der Waals surface area contributed by atoms with Crippen LogP contribution in [0.5, 0.6) is 0 Å². The summed E-state index contributed by atoms with van der Waals surface area (Å²) in [5, 5.41) is 2.82. The summed E-state index contributed by atoms with van der Waals surface area (Å²) < 4.78 is 18.5. The highest BCUT2D eigenvalue weighted by Crippen LogP contribution is 2.14. The van der Waals surface area contributed by atoms with Gasteiger partial charge in [-0.25, -0.2) is 9.18 Å². The number of pyridine rings is 1. The normalized spacial score (nSPS) is 11.7. The Balaban J connectivity index is 1.89. The predicted molar refractivity (Wildman–Crippen MR) is 119 cm³/mol. The first-order valence-electron chi connectivity index (χ1n) is 10.2. The minimum absolute atomic E-state index is 0.238. The van der Waals surface area contributed by atoms with Gasteiger partial charge in [-0.05, 0) is 69.0 Å². The van der Waals surface area contributed by atoms with Crippen LogP contribution in [-0.2, 0) is 16.1 Å². The molecule has 1 N–H and O–H groups in total. The number of aromatic nitrogens is 1. The Morgan fingerprint density at radius 1 is 1.19 bits per heavy atom. The van der Waals surface area contributed by atoms with E-state index in [0.717, 1.165) is 16.7 Å². The maximum absolute atomic E-state index is 13.0. The van der Waals surface area contributed by atoms with Gasteiger partial charge in [-0.2, -0.15) is 0 Å². The number of benzene rings is 1. The Bertz CT molecular complexity index is 891. The van der Waals surface area contributed by atoms with Gasteiger partial charge in [-0.3, -0.25) is 9.78 Å². The van der Waals surface area contributed by atoms with Crippen molar-refractivity contribution in [2.24, 2.45) is 0 Å². The number of halogens is 1. The third kappa shape index (κ3) is 8.99. The Kier molecular flexibility index (Phi) is 8.73. The Morgan fingerprint density at radius 2 is 1.90 bits per heavy atom. The molecule has 0 aliphatic carbocycles. The Morgan fingerprint density at radius 3 is 2.52 bits per heavy atom. The van der Waals surface area contributed by atoms with Crippen LogP contribution in [0.4, 0.5) is 9.18 Å². The minimum Gasteiger partial charge on any atom is -0.444 e. The van der Waals surface area contributed by atoms with Crippen molar-refractivity contribution in [2.75, 3.05) is 13.1 Å². The fourth-order valence-corrected chi connectivity index (χ4v) is 2.80. The number of nitrogens with zero attached hydrogens (tertiary/aromatic N) is 2. The van der Waals surface area contributed by atoms with Gasteiger partial charge < -0.3 is 15.0 Å². The minimum atomic E-state index is -0.596. The standard InChI is InChI=1S/C24H30FN3O3/c1-18(20-8-10-21(25)11-9-20)15-22(29)27-13-6-14-28(23(30)31-24(2,3)4)17-19-7-5-12-26-16-19/h5,7-12,15-16H,6,13-14,17H2,1-4H3,(H,27,29)/b18-15-. The molecule has 0 saturated carbocycles. The number of ether oxygens (including phenoxy) is 1. The van der Waals surface area contributed by atoms with Crippen molar-refractivity contribution in [3.8, 4) is 0 Å². The van der Waals surface area contributed by atoms with Gasteiger partial charge in [-0.1, -0.05) is 18.2 Å². The van der Waals surface area contributed by atoms with Crippen LogP contribution in [-0.4, -0.2) is 40.6 Å². The molecule has 1 heterocycles. The van der Waals surface area contributed by atoms with Crippen molar-refractivity contribution in [1.82, 2.24) is 15.2 Å². The highest BCUT2D eigenvalue weighted by atomic mass is 19.1. The van der Waals surface area contributed by atoms with E-state index < -0.39 is 11.7 Å². The van der Waals surface area contributed by atoms with E-state index in [9.17, 15) is 14.0 Å². The zero-order chi connectivity index (χ0) is 22.9. The fraction of sp³-hybridized carbons (Fsp3) is 0.375. The van der Waals surface area contributed by atoms with Crippen molar-refractivity contribution in [1.29, 1.82) is 0 Å². The average molecular weight is 428 g/mol. The molecular formula is C24H30FN3O3. The summed E-state index contributed by atoms with van der Waals surface area (Å²) >= 11 is 0. The first kappa shape index (κ1) is 24.1. The zero-order valence-corrected chi connectivity index (χ0v) is 18.5. The average Bonchev–Trinajstić information content (AvgIpc) is 2.70. The number of carbonyl (C=O) groups is 2. The fourth-order valence-electron chi connectivity index (χ4n) is 2.80. The quantitative estimate of drug-likeness (QED) is 0.495. The van der Waals surface area contributed by atoms with Crippen LogP contribution in [0.15, 0.2) is 54.9 Å². The lowest BCUT2D eigenvalue weighted by molar-refractivity contribution is -0.116. The maximum Gasteiger partial charge on any atom is 0.410 e. The summed E-state index contributed by atoms with van der Waals surface area (Å²) in [5.74, 6) is -0.556. The van der Waals surface area contributed by atoms with E-state index in [1.807, 2.05) is 32.9 Å². The lowest BCUT2D eigenvalue weighted by atomic mass is 10.1. The smallest absolute Gasteiger partial charge is 0.410 e. The Labute approximate surface area is 183 Å². The van der Waals surface area contributed by atoms with Gasteiger partial charge in [0.2, 0.25) is 5.91 Å². The van der Waals surface area contributed by atoms with Gasteiger partial charge >= 0.3 is 6.09 Å². The molecule has 0 fully saturated rings. The molecule has 31 heavy (non-hydrogen) atoms. The lowest BCUT2D eigenvalue weighted by Crippen LogP contribution is -2.38. The van der Waals surface area contributed by atoms with Gasteiger partial charge in [0.1, 0.15) is 11.4 Å². The second-order valence-corrected chi connectivity index (χ2v) is 8.24. The number of hydrogen-bond donors (Lipinski definition) is 1. The molecule has 166 valence electrons. The van der Waals surface area contributed by atoms with Crippen LogP contribution in [0.3, 0.4) is 0 Å². The monoisotopic (exact) mass is 427 g/mol. The van der Waals surface area contributed by atoms with Crippen LogP contribution in [0.1, 0.15) is 45.2 Å². The van der Waals surface area contributed by atoms with Crippen molar-refractivity contribution in [3.63, 3.8) is 0 Å². The molecule has 7 heteroatoms. The number of nitrogens with one attached hydrogen (secondary N) is 1. The number of amides is 2. The van der Waals surface area contributed by atoms with Gasteiger partial charge in [0.05, 0.1) is 6.54 Å². The summed E-state index contributed by atoms with van der Waals surface area (Å²) in [6, 6.07) is 9.70. The van der Waals surface area contributed by atoms with E-state index in [1.54, 1.807) is 36.4 Å². The molecule has 0 saturated heterocycles. The molecular weight excluding hydrogens is 397 g/mol. The Hall–Kier alpha value is -3.22. The largest absolute Gasteiger partial charge is 0.444 e. The SMILES string of the molecule is C/C(=C/C(=O)NCCCN(Cc1cccnc1)C(=O)OC(C)(C)C)c1ccc(F)cc1. The van der Waals surface area contributed by atoms with Crippen LogP contribution in [0.25, 0.3) is 5.57 Å². The summed E-state index contributed by atoms with van der Waals surface area (Å²) in [6.45, 7) is 8.46. The molecule has 0 aliphatic heterocycles. The molecule has 0 unspecified atom stereocenters. The number of allylic oxidation sites excluding steroid dienone is 1. The summed E-state index contributed by atoms with van der Waals surface area (Å²) in [5.41, 5.74) is 1.82. The van der Waals surface area contributed by atoms with Crippen molar-refractivity contribution >= 4 is 17.6 Å². The molecule has 1 aromatic heterocycles. The zero-order valence-electron chi connectivity index (χ0n) is 18.5. The molecule has 0 radical (unpaired) electrons. The maximum atomic E-state index is 13.0. The topological polar surface area (TPSA) is 71.5 Å². The lowest BCUT2D eigenvalue weighted by Gasteiger charge is -2.27. The molecule has 0 bridgehead atoms. The molecule has 2 amide bonds. The van der Waals surface area contributed by atoms with Crippen LogP contribution in [0.2, 0.25) is 0 Å². The first-order valence-corrected chi connectivity index (χ1v) is 10.2. The van der Waals surface area contributed by atoms with Gasteiger partial charge in [0, 0.05) is 31.6 Å². The van der Waals surface area contributed by atoms with E-state index in [0.29, 0.717) is 26.1 Å². The second kappa shape index (κ2) is 11.2. The van der Waals surface area contributed by atoms with Crippen molar-refractivity contribution in [3.05, 3.63) is 71.8 Å².